The Hall–Kier alpha value is -2.62. The summed E-state index contributed by atoms with van der Waals surface area (Å²) in [6.45, 7) is 0. The van der Waals surface area contributed by atoms with Gasteiger partial charge in [-0.15, -0.1) is 0 Å². The highest BCUT2D eigenvalue weighted by Crippen LogP contribution is 2.19. The molecular weight excluding hydrogens is 241 g/mol. The van der Waals surface area contributed by atoms with Crippen LogP contribution >= 0.6 is 0 Å². The van der Waals surface area contributed by atoms with Crippen molar-refractivity contribution in [1.82, 2.24) is 15.2 Å². The van der Waals surface area contributed by atoms with Gasteiger partial charge in [-0.05, 0) is 35.9 Å². The summed E-state index contributed by atoms with van der Waals surface area (Å²) in [4.78, 5) is 3.96. The fourth-order valence-electron chi connectivity index (χ4n) is 1.84. The number of hydrogen-bond acceptors (Lipinski definition) is 3. The van der Waals surface area contributed by atoms with Crippen LogP contribution in [0, 0.1) is 5.82 Å². The molecule has 19 heavy (non-hydrogen) atoms. The van der Waals surface area contributed by atoms with Crippen molar-refractivity contribution in [2.24, 2.45) is 0 Å². The Balaban J connectivity index is 2.06. The van der Waals surface area contributed by atoms with Crippen molar-refractivity contribution < 1.29 is 4.39 Å². The highest BCUT2D eigenvalue weighted by molar-refractivity contribution is 5.89. The summed E-state index contributed by atoms with van der Waals surface area (Å²) < 4.78 is 13.3. The van der Waals surface area contributed by atoms with Gasteiger partial charge in [0.1, 0.15) is 5.82 Å². The molecule has 0 aliphatic heterocycles. The Labute approximate surface area is 109 Å². The van der Waals surface area contributed by atoms with Crippen LogP contribution in [0.2, 0.25) is 0 Å². The van der Waals surface area contributed by atoms with Gasteiger partial charge >= 0.3 is 0 Å². The maximum atomic E-state index is 13.3. The van der Waals surface area contributed by atoms with Gasteiger partial charge in [-0.1, -0.05) is 12.2 Å². The van der Waals surface area contributed by atoms with Gasteiger partial charge in [0.05, 0.1) is 11.7 Å². The molecule has 0 saturated carbocycles. The van der Waals surface area contributed by atoms with Crippen LogP contribution in [0.4, 0.5) is 4.39 Å². The molecule has 0 bridgehead atoms. The third-order valence-electron chi connectivity index (χ3n) is 2.79. The first kappa shape index (κ1) is 11.5. The van der Waals surface area contributed by atoms with E-state index in [2.05, 4.69) is 15.2 Å². The standard InChI is InChI=1S/C15H10FN3/c16-13-3-4-15-14(9-13)12(10-18-19-15)2-1-11-5-7-17-8-6-11/h1-10H/b2-1+. The normalized spacial score (nSPS) is 11.2. The zero-order chi connectivity index (χ0) is 13.1. The smallest absolute Gasteiger partial charge is 0.123 e. The minimum absolute atomic E-state index is 0.279. The highest BCUT2D eigenvalue weighted by Gasteiger charge is 2.01. The summed E-state index contributed by atoms with van der Waals surface area (Å²) in [5, 5.41) is 8.65. The molecule has 0 unspecified atom stereocenters. The minimum Gasteiger partial charge on any atom is -0.265 e. The third kappa shape index (κ3) is 2.47. The zero-order valence-corrected chi connectivity index (χ0v) is 9.99. The van der Waals surface area contributed by atoms with E-state index >= 15 is 0 Å². The molecule has 3 rings (SSSR count). The van der Waals surface area contributed by atoms with Crippen LogP contribution in [0.3, 0.4) is 0 Å². The summed E-state index contributed by atoms with van der Waals surface area (Å²) in [6.07, 6.45) is 8.90. The number of fused-ring (bicyclic) bond motifs is 1. The summed E-state index contributed by atoms with van der Waals surface area (Å²) in [5.74, 6) is -0.279. The zero-order valence-electron chi connectivity index (χ0n) is 9.99. The predicted molar refractivity (Wildman–Crippen MR) is 72.7 cm³/mol. The largest absolute Gasteiger partial charge is 0.265 e. The average molecular weight is 251 g/mol. The first-order valence-corrected chi connectivity index (χ1v) is 5.82. The molecule has 3 aromatic rings. The molecule has 0 N–H and O–H groups in total. The van der Waals surface area contributed by atoms with Crippen LogP contribution in [0.5, 0.6) is 0 Å². The van der Waals surface area contributed by atoms with Gasteiger partial charge in [-0.2, -0.15) is 10.2 Å². The first-order chi connectivity index (χ1) is 9.33. The van der Waals surface area contributed by atoms with Crippen molar-refractivity contribution in [2.45, 2.75) is 0 Å². The van der Waals surface area contributed by atoms with Crippen molar-refractivity contribution in [3.8, 4) is 0 Å². The van der Waals surface area contributed by atoms with E-state index in [4.69, 9.17) is 0 Å². The van der Waals surface area contributed by atoms with E-state index in [0.29, 0.717) is 5.52 Å². The summed E-state index contributed by atoms with van der Waals surface area (Å²) in [6, 6.07) is 8.27. The van der Waals surface area contributed by atoms with Crippen LogP contribution in [0.1, 0.15) is 11.1 Å². The molecule has 0 saturated heterocycles. The van der Waals surface area contributed by atoms with E-state index in [1.54, 1.807) is 24.7 Å². The summed E-state index contributed by atoms with van der Waals surface area (Å²) in [7, 11) is 0. The van der Waals surface area contributed by atoms with E-state index in [0.717, 1.165) is 16.5 Å². The molecule has 2 aromatic heterocycles. The monoisotopic (exact) mass is 251 g/mol. The van der Waals surface area contributed by atoms with E-state index < -0.39 is 0 Å². The Morgan fingerprint density at radius 2 is 1.84 bits per heavy atom. The molecule has 0 aliphatic rings. The summed E-state index contributed by atoms with van der Waals surface area (Å²) in [5.41, 5.74) is 2.54. The second kappa shape index (κ2) is 4.94. The first-order valence-electron chi connectivity index (χ1n) is 5.82. The Bertz CT molecular complexity index is 739. The fourth-order valence-corrected chi connectivity index (χ4v) is 1.84. The average Bonchev–Trinajstić information content (AvgIpc) is 2.46. The molecule has 1 aromatic carbocycles. The molecule has 3 nitrogen and oxygen atoms in total. The van der Waals surface area contributed by atoms with Crippen LogP contribution < -0.4 is 0 Å². The lowest BCUT2D eigenvalue weighted by Crippen LogP contribution is -1.88. The quantitative estimate of drug-likeness (QED) is 0.701. The number of hydrogen-bond donors (Lipinski definition) is 0. The molecule has 0 atom stereocenters. The topological polar surface area (TPSA) is 38.7 Å². The van der Waals surface area contributed by atoms with Crippen molar-refractivity contribution in [1.29, 1.82) is 0 Å². The Kier molecular flexibility index (Phi) is 2.98. The SMILES string of the molecule is Fc1ccc2nncc(/C=C/c3ccncc3)c2c1. The lowest BCUT2D eigenvalue weighted by Gasteiger charge is -2.00. The van der Waals surface area contributed by atoms with Gasteiger partial charge in [-0.25, -0.2) is 4.39 Å². The molecule has 4 heteroatoms. The maximum Gasteiger partial charge on any atom is 0.123 e. The minimum atomic E-state index is -0.279. The maximum absolute atomic E-state index is 13.3. The van der Waals surface area contributed by atoms with E-state index in [9.17, 15) is 4.39 Å². The molecule has 0 spiro atoms. The second-order valence-corrected chi connectivity index (χ2v) is 4.08. The molecule has 92 valence electrons. The van der Waals surface area contributed by atoms with Crippen molar-refractivity contribution in [2.75, 3.05) is 0 Å². The highest BCUT2D eigenvalue weighted by atomic mass is 19.1. The van der Waals surface area contributed by atoms with Crippen LogP contribution in [-0.4, -0.2) is 15.2 Å². The number of aromatic nitrogens is 3. The van der Waals surface area contributed by atoms with Crippen molar-refractivity contribution in [3.05, 3.63) is 65.9 Å². The van der Waals surface area contributed by atoms with Crippen LogP contribution in [0.15, 0.2) is 48.9 Å². The van der Waals surface area contributed by atoms with Crippen LogP contribution in [-0.2, 0) is 0 Å². The van der Waals surface area contributed by atoms with E-state index in [1.807, 2.05) is 24.3 Å². The molecule has 0 fully saturated rings. The number of rotatable bonds is 2. The van der Waals surface area contributed by atoms with Gasteiger partial charge in [0, 0.05) is 23.3 Å². The van der Waals surface area contributed by atoms with E-state index in [-0.39, 0.29) is 5.82 Å². The molecule has 2 heterocycles. The van der Waals surface area contributed by atoms with Gasteiger partial charge in [0.25, 0.3) is 0 Å². The third-order valence-corrected chi connectivity index (χ3v) is 2.79. The lowest BCUT2D eigenvalue weighted by molar-refractivity contribution is 0.629. The Morgan fingerprint density at radius 3 is 2.68 bits per heavy atom. The Morgan fingerprint density at radius 1 is 1.00 bits per heavy atom. The second-order valence-electron chi connectivity index (χ2n) is 4.08. The number of pyridine rings is 1. The lowest BCUT2D eigenvalue weighted by atomic mass is 10.1. The molecule has 0 amide bonds. The predicted octanol–water partition coefficient (Wildman–Crippen LogP) is 3.33. The van der Waals surface area contributed by atoms with Gasteiger partial charge in [-0.3, -0.25) is 4.98 Å². The summed E-state index contributed by atoms with van der Waals surface area (Å²) >= 11 is 0. The van der Waals surface area contributed by atoms with Gasteiger partial charge < -0.3 is 0 Å². The number of nitrogens with zero attached hydrogens (tertiary/aromatic N) is 3. The van der Waals surface area contributed by atoms with Crippen molar-refractivity contribution in [3.63, 3.8) is 0 Å². The van der Waals surface area contributed by atoms with Crippen LogP contribution in [0.25, 0.3) is 23.1 Å². The van der Waals surface area contributed by atoms with Crippen molar-refractivity contribution >= 4 is 23.1 Å². The number of halogens is 1. The van der Waals surface area contributed by atoms with Gasteiger partial charge in [0.15, 0.2) is 0 Å². The molecular formula is C15H10FN3. The molecule has 0 aliphatic carbocycles. The number of benzene rings is 1. The fraction of sp³-hybridized carbons (Fsp3) is 0. The molecule has 0 radical (unpaired) electrons. The van der Waals surface area contributed by atoms with E-state index in [1.165, 1.54) is 12.1 Å². The van der Waals surface area contributed by atoms with Gasteiger partial charge in [0.2, 0.25) is 0 Å².